The van der Waals surface area contributed by atoms with Crippen molar-refractivity contribution in [3.63, 3.8) is 0 Å². The minimum atomic E-state index is 0.0546. The minimum Gasteiger partial charge on any atom is -0.338 e. The van der Waals surface area contributed by atoms with Gasteiger partial charge in [-0.3, -0.25) is 9.69 Å². The van der Waals surface area contributed by atoms with Crippen molar-refractivity contribution in [2.45, 2.75) is 45.2 Å². The highest BCUT2D eigenvalue weighted by molar-refractivity contribution is 5.22. The maximum atomic E-state index is 12.2. The molecular weight excluding hydrogens is 294 g/mol. The lowest BCUT2D eigenvalue weighted by Crippen LogP contribution is -2.36. The summed E-state index contributed by atoms with van der Waals surface area (Å²) in [6.07, 6.45) is 6.72. The lowest BCUT2D eigenvalue weighted by atomic mass is 9.97. The fourth-order valence-corrected chi connectivity index (χ4v) is 3.60. The predicted octanol–water partition coefficient (Wildman–Crippen LogP) is 1.03. The molecule has 7 nitrogen and oxygen atoms in total. The molecule has 1 fully saturated rings. The van der Waals surface area contributed by atoms with Gasteiger partial charge in [-0.2, -0.15) is 10.1 Å². The van der Waals surface area contributed by atoms with Gasteiger partial charge in [0.2, 0.25) is 5.89 Å². The monoisotopic (exact) mass is 315 g/mol. The molecule has 1 aliphatic heterocycles. The van der Waals surface area contributed by atoms with Crippen LogP contribution in [0.4, 0.5) is 0 Å². The lowest BCUT2D eigenvalue weighted by molar-refractivity contribution is 0.148. The molecule has 1 aliphatic carbocycles. The summed E-state index contributed by atoms with van der Waals surface area (Å²) in [5.41, 5.74) is 2.33. The third kappa shape index (κ3) is 3.19. The van der Waals surface area contributed by atoms with E-state index < -0.39 is 0 Å². The van der Waals surface area contributed by atoms with Crippen molar-refractivity contribution in [3.05, 3.63) is 39.9 Å². The van der Waals surface area contributed by atoms with Crippen molar-refractivity contribution >= 4 is 0 Å². The van der Waals surface area contributed by atoms with Crippen LogP contribution in [0.1, 0.15) is 36.4 Å². The topological polar surface area (TPSA) is 77.1 Å². The van der Waals surface area contributed by atoms with Gasteiger partial charge in [0.25, 0.3) is 5.56 Å². The van der Waals surface area contributed by atoms with Crippen LogP contribution in [0, 0.1) is 5.92 Å². The third-order valence-electron chi connectivity index (χ3n) is 4.93. The van der Waals surface area contributed by atoms with Crippen LogP contribution in [-0.4, -0.2) is 37.9 Å². The van der Waals surface area contributed by atoms with E-state index in [0.29, 0.717) is 18.4 Å². The summed E-state index contributed by atoms with van der Waals surface area (Å²) in [6, 6.07) is 1.79. The first kappa shape index (κ1) is 14.6. The van der Waals surface area contributed by atoms with Gasteiger partial charge < -0.3 is 4.52 Å². The number of nitrogens with zero attached hydrogens (tertiary/aromatic N) is 5. The van der Waals surface area contributed by atoms with Crippen LogP contribution in [0.3, 0.4) is 0 Å². The van der Waals surface area contributed by atoms with Gasteiger partial charge in [-0.05, 0) is 56.7 Å². The van der Waals surface area contributed by atoms with Crippen LogP contribution >= 0.6 is 0 Å². The number of aromatic nitrogens is 4. The molecule has 0 aromatic carbocycles. The average Bonchev–Trinajstić information content (AvgIpc) is 3.21. The van der Waals surface area contributed by atoms with Crippen molar-refractivity contribution in [1.29, 1.82) is 0 Å². The van der Waals surface area contributed by atoms with Crippen LogP contribution in [-0.2, 0) is 25.9 Å². The number of piperidine rings is 1. The largest absolute Gasteiger partial charge is 0.338 e. The molecule has 4 rings (SSSR count). The molecule has 0 bridgehead atoms. The molecule has 0 unspecified atom stereocenters. The van der Waals surface area contributed by atoms with Crippen LogP contribution in [0.5, 0.6) is 0 Å². The molecule has 0 spiro atoms. The smallest absolute Gasteiger partial charge is 0.267 e. The van der Waals surface area contributed by atoms with Gasteiger partial charge in [-0.1, -0.05) is 5.16 Å². The summed E-state index contributed by atoms with van der Waals surface area (Å²) in [7, 11) is 0. The molecule has 1 saturated heterocycles. The second-order valence-corrected chi connectivity index (χ2v) is 6.54. The molecule has 0 amide bonds. The Kier molecular flexibility index (Phi) is 3.95. The van der Waals surface area contributed by atoms with E-state index in [9.17, 15) is 4.79 Å². The molecule has 0 radical (unpaired) electrons. The molecule has 122 valence electrons. The SMILES string of the molecule is O=c1cc2c(nn1CC1CCN(Cc3ncno3)CC1)CCC2. The van der Waals surface area contributed by atoms with Gasteiger partial charge >= 0.3 is 0 Å². The van der Waals surface area contributed by atoms with Gasteiger partial charge in [-0.15, -0.1) is 0 Å². The van der Waals surface area contributed by atoms with E-state index in [4.69, 9.17) is 4.52 Å². The van der Waals surface area contributed by atoms with E-state index in [0.717, 1.165) is 63.0 Å². The number of hydrogen-bond donors (Lipinski definition) is 0. The molecule has 2 aromatic heterocycles. The summed E-state index contributed by atoms with van der Waals surface area (Å²) in [5.74, 6) is 1.18. The lowest BCUT2D eigenvalue weighted by Gasteiger charge is -2.30. The minimum absolute atomic E-state index is 0.0546. The molecule has 2 aromatic rings. The van der Waals surface area contributed by atoms with Crippen LogP contribution < -0.4 is 5.56 Å². The van der Waals surface area contributed by atoms with Gasteiger partial charge in [-0.25, -0.2) is 4.68 Å². The van der Waals surface area contributed by atoms with E-state index in [2.05, 4.69) is 20.1 Å². The number of likely N-dealkylation sites (tertiary alicyclic amines) is 1. The van der Waals surface area contributed by atoms with Gasteiger partial charge in [0, 0.05) is 12.6 Å². The first-order valence-corrected chi connectivity index (χ1v) is 8.36. The highest BCUT2D eigenvalue weighted by atomic mass is 16.5. The Morgan fingerprint density at radius 2 is 2.13 bits per heavy atom. The Hall–Kier alpha value is -2.02. The van der Waals surface area contributed by atoms with E-state index in [1.54, 1.807) is 10.7 Å². The summed E-state index contributed by atoms with van der Waals surface area (Å²) in [5, 5.41) is 8.22. The molecule has 2 aliphatic rings. The van der Waals surface area contributed by atoms with E-state index in [1.165, 1.54) is 6.33 Å². The van der Waals surface area contributed by atoms with E-state index in [-0.39, 0.29) is 5.56 Å². The summed E-state index contributed by atoms with van der Waals surface area (Å²) in [6.45, 7) is 3.43. The molecule has 0 atom stereocenters. The van der Waals surface area contributed by atoms with Crippen molar-refractivity contribution in [2.24, 2.45) is 5.92 Å². The number of hydrogen-bond acceptors (Lipinski definition) is 6. The predicted molar refractivity (Wildman–Crippen MR) is 82.8 cm³/mol. The zero-order chi connectivity index (χ0) is 15.6. The zero-order valence-corrected chi connectivity index (χ0v) is 13.1. The Balaban J connectivity index is 1.35. The maximum Gasteiger partial charge on any atom is 0.267 e. The Bertz CT molecular complexity index is 717. The van der Waals surface area contributed by atoms with Gasteiger partial charge in [0.1, 0.15) is 0 Å². The maximum absolute atomic E-state index is 12.2. The van der Waals surface area contributed by atoms with Crippen molar-refractivity contribution in [2.75, 3.05) is 13.1 Å². The number of rotatable bonds is 4. The van der Waals surface area contributed by atoms with Crippen LogP contribution in [0.25, 0.3) is 0 Å². The van der Waals surface area contributed by atoms with Crippen LogP contribution in [0.15, 0.2) is 21.7 Å². The highest BCUT2D eigenvalue weighted by Crippen LogP contribution is 2.21. The molecule has 0 N–H and O–H groups in total. The van der Waals surface area contributed by atoms with Crippen molar-refractivity contribution in [3.8, 4) is 0 Å². The number of fused-ring (bicyclic) bond motifs is 1. The normalized spacial score (nSPS) is 19.1. The van der Waals surface area contributed by atoms with Crippen molar-refractivity contribution in [1.82, 2.24) is 24.8 Å². The average molecular weight is 315 g/mol. The number of aryl methyl sites for hydroxylation is 2. The summed E-state index contributed by atoms with van der Waals surface area (Å²) < 4.78 is 6.74. The van der Waals surface area contributed by atoms with E-state index >= 15 is 0 Å². The highest BCUT2D eigenvalue weighted by Gasteiger charge is 2.22. The molecule has 3 heterocycles. The fourth-order valence-electron chi connectivity index (χ4n) is 3.60. The quantitative estimate of drug-likeness (QED) is 0.838. The second-order valence-electron chi connectivity index (χ2n) is 6.54. The standard InChI is InChI=1S/C16H21N5O2/c22-16-8-13-2-1-3-14(13)19-21(16)9-12-4-6-20(7-5-12)10-15-17-11-18-23-15/h8,11-12H,1-7,9-10H2. The van der Waals surface area contributed by atoms with Crippen molar-refractivity contribution < 1.29 is 4.52 Å². The van der Waals surface area contributed by atoms with E-state index in [1.807, 2.05) is 0 Å². The second kappa shape index (κ2) is 6.23. The molecule has 23 heavy (non-hydrogen) atoms. The summed E-state index contributed by atoms with van der Waals surface area (Å²) >= 11 is 0. The Labute approximate surface area is 134 Å². The van der Waals surface area contributed by atoms with Gasteiger partial charge in [0.15, 0.2) is 6.33 Å². The fraction of sp³-hybridized carbons (Fsp3) is 0.625. The third-order valence-corrected chi connectivity index (χ3v) is 4.93. The molecular formula is C16H21N5O2. The molecule has 0 saturated carbocycles. The zero-order valence-electron chi connectivity index (χ0n) is 13.1. The first-order valence-electron chi connectivity index (χ1n) is 8.36. The van der Waals surface area contributed by atoms with Gasteiger partial charge in [0.05, 0.1) is 12.2 Å². The summed E-state index contributed by atoms with van der Waals surface area (Å²) in [4.78, 5) is 18.6. The Morgan fingerprint density at radius 3 is 2.91 bits per heavy atom. The van der Waals surface area contributed by atoms with Crippen LogP contribution in [0.2, 0.25) is 0 Å². The Morgan fingerprint density at radius 1 is 1.26 bits per heavy atom. The first-order chi connectivity index (χ1) is 11.3. The molecule has 7 heteroatoms.